The Morgan fingerprint density at radius 3 is 2.83 bits per heavy atom. The quantitative estimate of drug-likeness (QED) is 0.918. The summed E-state index contributed by atoms with van der Waals surface area (Å²) in [5.41, 5.74) is -0.477. The Bertz CT molecular complexity index is 523. The van der Waals surface area contributed by atoms with Gasteiger partial charge in [-0.1, -0.05) is 6.42 Å². The maximum absolute atomic E-state index is 12.0. The maximum atomic E-state index is 12.0. The first-order valence-corrected chi connectivity index (χ1v) is 8.33. The van der Waals surface area contributed by atoms with E-state index in [1.807, 2.05) is 34.7 Å². The molecule has 0 bridgehead atoms. The van der Waals surface area contributed by atoms with Crippen LogP contribution in [0.1, 0.15) is 52.8 Å². The van der Waals surface area contributed by atoms with Gasteiger partial charge in [-0.3, -0.25) is 9.58 Å². The van der Waals surface area contributed by atoms with E-state index in [0.29, 0.717) is 0 Å². The molecule has 1 N–H and O–H groups in total. The van der Waals surface area contributed by atoms with Crippen LogP contribution in [0.2, 0.25) is 0 Å². The average Bonchev–Trinajstić information content (AvgIpc) is 2.82. The summed E-state index contributed by atoms with van der Waals surface area (Å²) in [4.78, 5) is 18.7. The topological polar surface area (TPSA) is 72.3 Å². The van der Waals surface area contributed by atoms with Crippen LogP contribution in [0.5, 0.6) is 0 Å². The second kappa shape index (κ2) is 7.29. The first-order valence-electron chi connectivity index (χ1n) is 8.33. The normalized spacial score (nSPS) is 21.0. The third-order valence-electron chi connectivity index (χ3n) is 4.14. The number of nitrogens with one attached hydrogen (secondary N) is 1. The summed E-state index contributed by atoms with van der Waals surface area (Å²) in [5.74, 6) is 0.946. The Hall–Kier alpha value is -1.63. The highest BCUT2D eigenvalue weighted by molar-refractivity contribution is 5.68. The summed E-state index contributed by atoms with van der Waals surface area (Å²) in [6, 6.07) is 0.311. The number of hydrogen-bond acceptors (Lipinski definition) is 5. The predicted octanol–water partition coefficient (Wildman–Crippen LogP) is 2.08. The molecule has 1 aromatic rings. The molecule has 0 aliphatic carbocycles. The summed E-state index contributed by atoms with van der Waals surface area (Å²) < 4.78 is 7.17. The molecule has 7 nitrogen and oxygen atoms in total. The zero-order valence-corrected chi connectivity index (χ0v) is 14.9. The molecule has 0 aromatic carbocycles. The smallest absolute Gasteiger partial charge is 0.407 e. The van der Waals surface area contributed by atoms with Crippen LogP contribution in [0.25, 0.3) is 0 Å². The van der Waals surface area contributed by atoms with Gasteiger partial charge in [0.25, 0.3) is 0 Å². The number of carbonyl (C=O) groups excluding carboxylic acids is 1. The molecule has 1 aliphatic heterocycles. The fraction of sp³-hybridized carbons (Fsp3) is 0.812. The highest BCUT2D eigenvalue weighted by Gasteiger charge is 2.30. The van der Waals surface area contributed by atoms with Gasteiger partial charge in [0, 0.05) is 19.1 Å². The van der Waals surface area contributed by atoms with E-state index < -0.39 is 5.60 Å². The van der Waals surface area contributed by atoms with Crippen molar-refractivity contribution in [2.24, 2.45) is 7.05 Å². The average molecular weight is 323 g/mol. The van der Waals surface area contributed by atoms with Gasteiger partial charge < -0.3 is 10.1 Å². The minimum atomic E-state index is -0.477. The summed E-state index contributed by atoms with van der Waals surface area (Å²) in [6.07, 6.45) is 4.65. The number of aryl methyl sites for hydroxylation is 1. The molecule has 1 fully saturated rings. The van der Waals surface area contributed by atoms with Crippen LogP contribution in [0.15, 0.2) is 6.33 Å². The molecular weight excluding hydrogens is 294 g/mol. The van der Waals surface area contributed by atoms with Gasteiger partial charge in [-0.15, -0.1) is 0 Å². The standard InChI is InChI=1S/C16H29N5O2/c1-12(19-15(22)23-16(2,3)4)13-8-6-7-9-21(13)10-14-17-11-18-20(14)5/h11-13H,6-10H2,1-5H3,(H,19,22)/t12-,13-/m1/s1. The lowest BCUT2D eigenvalue weighted by Crippen LogP contribution is -2.52. The van der Waals surface area contributed by atoms with Crippen LogP contribution in [-0.2, 0) is 18.3 Å². The Balaban J connectivity index is 1.97. The van der Waals surface area contributed by atoms with Crippen molar-refractivity contribution in [3.63, 3.8) is 0 Å². The van der Waals surface area contributed by atoms with Gasteiger partial charge in [0.05, 0.1) is 6.54 Å². The van der Waals surface area contributed by atoms with Crippen molar-refractivity contribution in [1.82, 2.24) is 25.0 Å². The number of hydrogen-bond donors (Lipinski definition) is 1. The number of amides is 1. The SMILES string of the molecule is C[C@@H](NC(=O)OC(C)(C)C)[C@H]1CCCCN1Cc1ncnn1C. The monoisotopic (exact) mass is 323 g/mol. The van der Waals surface area contributed by atoms with E-state index in [9.17, 15) is 4.79 Å². The van der Waals surface area contributed by atoms with Crippen LogP contribution in [0.4, 0.5) is 4.79 Å². The van der Waals surface area contributed by atoms with Crippen molar-refractivity contribution in [3.05, 3.63) is 12.2 Å². The fourth-order valence-electron chi connectivity index (χ4n) is 3.01. The van der Waals surface area contributed by atoms with E-state index in [-0.39, 0.29) is 18.2 Å². The molecule has 23 heavy (non-hydrogen) atoms. The fourth-order valence-corrected chi connectivity index (χ4v) is 3.01. The van der Waals surface area contributed by atoms with Crippen molar-refractivity contribution >= 4 is 6.09 Å². The third-order valence-corrected chi connectivity index (χ3v) is 4.14. The number of ether oxygens (including phenoxy) is 1. The zero-order chi connectivity index (χ0) is 17.0. The molecule has 0 radical (unpaired) electrons. The predicted molar refractivity (Wildman–Crippen MR) is 87.9 cm³/mol. The molecule has 0 saturated carbocycles. The van der Waals surface area contributed by atoms with Crippen LogP contribution in [0.3, 0.4) is 0 Å². The molecule has 0 unspecified atom stereocenters. The largest absolute Gasteiger partial charge is 0.444 e. The third kappa shape index (κ3) is 5.20. The van der Waals surface area contributed by atoms with Crippen LogP contribution < -0.4 is 5.32 Å². The molecular formula is C16H29N5O2. The summed E-state index contributed by atoms with van der Waals surface area (Å²) in [6.45, 7) is 9.43. The maximum Gasteiger partial charge on any atom is 0.407 e. The van der Waals surface area contributed by atoms with Gasteiger partial charge in [-0.25, -0.2) is 9.78 Å². The number of alkyl carbamates (subject to hydrolysis) is 1. The highest BCUT2D eigenvalue weighted by Crippen LogP contribution is 2.22. The van der Waals surface area contributed by atoms with Gasteiger partial charge >= 0.3 is 6.09 Å². The Morgan fingerprint density at radius 1 is 1.48 bits per heavy atom. The molecule has 1 amide bonds. The van der Waals surface area contributed by atoms with Gasteiger partial charge in [0.1, 0.15) is 17.8 Å². The van der Waals surface area contributed by atoms with Crippen LogP contribution in [0, 0.1) is 0 Å². The lowest BCUT2D eigenvalue weighted by Gasteiger charge is -2.39. The summed E-state index contributed by atoms with van der Waals surface area (Å²) in [5, 5.41) is 7.11. The second-order valence-corrected chi connectivity index (χ2v) is 7.27. The summed E-state index contributed by atoms with van der Waals surface area (Å²) in [7, 11) is 1.91. The van der Waals surface area contributed by atoms with Gasteiger partial charge in [-0.05, 0) is 47.1 Å². The van der Waals surface area contributed by atoms with Crippen LogP contribution >= 0.6 is 0 Å². The number of likely N-dealkylation sites (tertiary alicyclic amines) is 1. The molecule has 0 spiro atoms. The van der Waals surface area contributed by atoms with Crippen molar-refractivity contribution < 1.29 is 9.53 Å². The minimum absolute atomic E-state index is 0.0263. The van der Waals surface area contributed by atoms with Gasteiger partial charge in [0.15, 0.2) is 0 Å². The molecule has 130 valence electrons. The van der Waals surface area contributed by atoms with Crippen molar-refractivity contribution in [2.75, 3.05) is 6.54 Å². The molecule has 2 atom stereocenters. The Kier molecular flexibility index (Phi) is 5.62. The molecule has 2 heterocycles. The lowest BCUT2D eigenvalue weighted by atomic mass is 9.96. The van der Waals surface area contributed by atoms with Crippen molar-refractivity contribution in [2.45, 2.75) is 71.2 Å². The molecule has 1 saturated heterocycles. The number of nitrogens with zero attached hydrogens (tertiary/aromatic N) is 4. The van der Waals surface area contributed by atoms with E-state index in [1.54, 1.807) is 11.0 Å². The second-order valence-electron chi connectivity index (χ2n) is 7.27. The molecule has 7 heteroatoms. The molecule has 1 aliphatic rings. The zero-order valence-electron chi connectivity index (χ0n) is 14.9. The van der Waals surface area contributed by atoms with E-state index in [0.717, 1.165) is 25.3 Å². The van der Waals surface area contributed by atoms with E-state index in [2.05, 4.69) is 20.3 Å². The van der Waals surface area contributed by atoms with E-state index in [4.69, 9.17) is 4.74 Å². The highest BCUT2D eigenvalue weighted by atomic mass is 16.6. The van der Waals surface area contributed by atoms with Gasteiger partial charge in [-0.2, -0.15) is 5.10 Å². The molecule has 2 rings (SSSR count). The van der Waals surface area contributed by atoms with E-state index >= 15 is 0 Å². The van der Waals surface area contributed by atoms with Crippen molar-refractivity contribution in [1.29, 1.82) is 0 Å². The van der Waals surface area contributed by atoms with Gasteiger partial charge in [0.2, 0.25) is 0 Å². The number of rotatable bonds is 4. The first-order chi connectivity index (χ1) is 10.8. The van der Waals surface area contributed by atoms with Crippen molar-refractivity contribution in [3.8, 4) is 0 Å². The minimum Gasteiger partial charge on any atom is -0.444 e. The van der Waals surface area contributed by atoms with E-state index in [1.165, 1.54) is 12.8 Å². The number of carbonyl (C=O) groups is 1. The Labute approximate surface area is 138 Å². The Morgan fingerprint density at radius 2 is 2.22 bits per heavy atom. The lowest BCUT2D eigenvalue weighted by molar-refractivity contribution is 0.0433. The first kappa shape index (κ1) is 17.7. The number of piperidine rings is 1. The summed E-state index contributed by atoms with van der Waals surface area (Å²) >= 11 is 0. The molecule has 1 aromatic heterocycles. The van der Waals surface area contributed by atoms with Crippen LogP contribution in [-0.4, -0.2) is 50.0 Å². The number of aromatic nitrogens is 3.